The first-order valence-electron chi connectivity index (χ1n) is 12.3. The molecule has 182 valence electrons. The summed E-state index contributed by atoms with van der Waals surface area (Å²) in [5.74, 6) is 1.52. The van der Waals surface area contributed by atoms with Gasteiger partial charge in [0.05, 0.1) is 13.0 Å². The number of fused-ring (bicyclic) bond motifs is 3. The van der Waals surface area contributed by atoms with E-state index in [1.54, 1.807) is 6.92 Å². The molecule has 0 aromatic heterocycles. The van der Waals surface area contributed by atoms with Crippen LogP contribution in [0, 0.1) is 5.92 Å². The summed E-state index contributed by atoms with van der Waals surface area (Å²) in [7, 11) is 0. The van der Waals surface area contributed by atoms with Crippen LogP contribution >= 0.6 is 0 Å². The zero-order valence-electron chi connectivity index (χ0n) is 20.5. The zero-order chi connectivity index (χ0) is 24.0. The summed E-state index contributed by atoms with van der Waals surface area (Å²) >= 11 is 0. The molecule has 0 bridgehead atoms. The van der Waals surface area contributed by atoms with Crippen molar-refractivity contribution in [1.29, 1.82) is 0 Å². The maximum Gasteiger partial charge on any atom is 0.307 e. The topological polar surface area (TPSA) is 84.9 Å². The Morgan fingerprint density at radius 2 is 2.00 bits per heavy atom. The lowest BCUT2D eigenvalue weighted by Crippen LogP contribution is -2.45. The van der Waals surface area contributed by atoms with E-state index in [-0.39, 0.29) is 23.9 Å². The lowest BCUT2D eigenvalue weighted by molar-refractivity contribution is -0.143. The van der Waals surface area contributed by atoms with Crippen LogP contribution in [0.5, 0.6) is 11.5 Å². The van der Waals surface area contributed by atoms with Crippen molar-refractivity contribution >= 4 is 11.9 Å². The fraction of sp³-hybridized carbons (Fsp3) is 0.630. The van der Waals surface area contributed by atoms with Crippen LogP contribution in [0.1, 0.15) is 89.7 Å². The van der Waals surface area contributed by atoms with Gasteiger partial charge in [-0.25, -0.2) is 0 Å². The molecule has 6 nitrogen and oxygen atoms in total. The average molecular weight is 458 g/mol. The number of ether oxygens (including phenoxy) is 2. The third kappa shape index (κ3) is 6.52. The fourth-order valence-electron chi connectivity index (χ4n) is 5.18. The summed E-state index contributed by atoms with van der Waals surface area (Å²) in [4.78, 5) is 23.2. The highest BCUT2D eigenvalue weighted by atomic mass is 16.5. The Balaban J connectivity index is 1.48. The zero-order valence-corrected chi connectivity index (χ0v) is 20.5. The first-order valence-corrected chi connectivity index (χ1v) is 12.3. The van der Waals surface area contributed by atoms with Crippen molar-refractivity contribution in [3.8, 4) is 11.5 Å². The largest absolute Gasteiger partial charge is 0.508 e. The number of unbranched alkanes of at least 4 members (excludes halogenated alkanes) is 2. The van der Waals surface area contributed by atoms with Gasteiger partial charge < -0.3 is 19.9 Å². The quantitative estimate of drug-likeness (QED) is 0.287. The number of benzene rings is 1. The molecule has 2 aliphatic rings. The fourth-order valence-corrected chi connectivity index (χ4v) is 5.18. The lowest BCUT2D eigenvalue weighted by atomic mass is 9.67. The molecule has 1 amide bonds. The van der Waals surface area contributed by atoms with Gasteiger partial charge in [0.15, 0.2) is 0 Å². The van der Waals surface area contributed by atoms with Gasteiger partial charge in [0, 0.05) is 30.4 Å². The lowest BCUT2D eigenvalue weighted by Gasteiger charge is -2.47. The van der Waals surface area contributed by atoms with Gasteiger partial charge in [0.2, 0.25) is 5.91 Å². The number of allylic oxidation sites excluding steroid dienone is 2. The summed E-state index contributed by atoms with van der Waals surface area (Å²) in [6.45, 7) is 8.92. The SMILES string of the molecule is CCOC(=O)CCNC(=O)CCCCCc1cc(O)c2c(c1)OC(C)(C)[C@@H]1CC=C(C)C[C@@H]21. The molecule has 33 heavy (non-hydrogen) atoms. The number of hydrogen-bond donors (Lipinski definition) is 2. The van der Waals surface area contributed by atoms with Gasteiger partial charge in [0.25, 0.3) is 0 Å². The summed E-state index contributed by atoms with van der Waals surface area (Å²) in [6.07, 6.45) is 8.41. The maximum atomic E-state index is 11.9. The van der Waals surface area contributed by atoms with Gasteiger partial charge in [-0.1, -0.05) is 18.1 Å². The number of phenolic OH excluding ortho intramolecular Hbond substituents is 1. The first kappa shape index (κ1) is 25.1. The number of phenols is 1. The standard InChI is InChI=1S/C27H39NO5/c1-5-32-25(31)13-14-28-24(30)10-8-6-7-9-19-16-22(29)26-20-15-18(2)11-12-21(20)27(3,4)33-23(26)17-19/h11,16-17,20-21,29H,5-10,12-15H2,1-4H3,(H,28,30)/t20-,21-/m1/s1. The van der Waals surface area contributed by atoms with Crippen molar-refractivity contribution in [2.45, 2.75) is 90.6 Å². The number of hydrogen-bond acceptors (Lipinski definition) is 5. The molecule has 0 saturated carbocycles. The first-order chi connectivity index (χ1) is 15.7. The van der Waals surface area contributed by atoms with Crippen molar-refractivity contribution in [2.24, 2.45) is 5.92 Å². The molecular formula is C27H39NO5. The number of aromatic hydroxyl groups is 1. The average Bonchev–Trinajstić information content (AvgIpc) is 2.72. The molecule has 3 rings (SSSR count). The van der Waals surface area contributed by atoms with Crippen molar-refractivity contribution in [3.05, 3.63) is 34.9 Å². The Labute approximate surface area is 197 Å². The Morgan fingerprint density at radius 3 is 2.76 bits per heavy atom. The molecule has 0 saturated heterocycles. The van der Waals surface area contributed by atoms with Crippen LogP contribution in [0.2, 0.25) is 0 Å². The third-order valence-corrected chi connectivity index (χ3v) is 6.89. The van der Waals surface area contributed by atoms with Gasteiger partial charge >= 0.3 is 5.97 Å². The molecule has 1 heterocycles. The molecule has 1 aliphatic heterocycles. The molecule has 1 aromatic rings. The van der Waals surface area contributed by atoms with E-state index in [1.807, 2.05) is 6.07 Å². The molecule has 0 fully saturated rings. The van der Waals surface area contributed by atoms with E-state index in [4.69, 9.17) is 9.47 Å². The van der Waals surface area contributed by atoms with E-state index >= 15 is 0 Å². The van der Waals surface area contributed by atoms with Crippen LogP contribution in [0.25, 0.3) is 0 Å². The third-order valence-electron chi connectivity index (χ3n) is 6.89. The maximum absolute atomic E-state index is 11.9. The van der Waals surface area contributed by atoms with Gasteiger partial charge in [-0.05, 0) is 77.5 Å². The molecule has 0 spiro atoms. The minimum Gasteiger partial charge on any atom is -0.508 e. The number of amides is 1. The highest BCUT2D eigenvalue weighted by Crippen LogP contribution is 2.54. The normalized spacial score (nSPS) is 20.7. The second-order valence-corrected chi connectivity index (χ2v) is 9.90. The number of esters is 1. The minimum atomic E-state index is -0.288. The van der Waals surface area contributed by atoms with Gasteiger partial charge in [-0.15, -0.1) is 0 Å². The molecule has 6 heteroatoms. The van der Waals surface area contributed by atoms with Gasteiger partial charge in [-0.2, -0.15) is 0 Å². The van der Waals surface area contributed by atoms with Crippen LogP contribution < -0.4 is 10.1 Å². The number of carbonyl (C=O) groups is 2. The van der Waals surface area contributed by atoms with Crippen LogP contribution in [0.3, 0.4) is 0 Å². The second kappa shape index (κ2) is 11.1. The van der Waals surface area contributed by atoms with Crippen LogP contribution in [0.4, 0.5) is 0 Å². The summed E-state index contributed by atoms with van der Waals surface area (Å²) < 4.78 is 11.2. The van der Waals surface area contributed by atoms with E-state index in [2.05, 4.69) is 38.2 Å². The summed E-state index contributed by atoms with van der Waals surface area (Å²) in [5, 5.41) is 13.6. The molecule has 1 aliphatic carbocycles. The smallest absolute Gasteiger partial charge is 0.307 e. The molecule has 2 atom stereocenters. The number of aryl methyl sites for hydroxylation is 1. The van der Waals surface area contributed by atoms with Crippen molar-refractivity contribution in [2.75, 3.05) is 13.2 Å². The van der Waals surface area contributed by atoms with Crippen molar-refractivity contribution < 1.29 is 24.2 Å². The molecular weight excluding hydrogens is 418 g/mol. The molecule has 1 aromatic carbocycles. The van der Waals surface area contributed by atoms with Gasteiger partial charge in [0.1, 0.15) is 17.1 Å². The van der Waals surface area contributed by atoms with E-state index in [9.17, 15) is 14.7 Å². The van der Waals surface area contributed by atoms with Crippen LogP contribution in [-0.4, -0.2) is 35.7 Å². The van der Waals surface area contributed by atoms with Gasteiger partial charge in [-0.3, -0.25) is 9.59 Å². The van der Waals surface area contributed by atoms with E-state index in [0.29, 0.717) is 37.2 Å². The van der Waals surface area contributed by atoms with Crippen molar-refractivity contribution in [3.63, 3.8) is 0 Å². The number of carbonyl (C=O) groups excluding carboxylic acids is 2. The summed E-state index contributed by atoms with van der Waals surface area (Å²) in [5.41, 5.74) is 3.16. The summed E-state index contributed by atoms with van der Waals surface area (Å²) in [6, 6.07) is 4.00. The second-order valence-electron chi connectivity index (χ2n) is 9.90. The molecule has 2 N–H and O–H groups in total. The molecule has 0 radical (unpaired) electrons. The van der Waals surface area contributed by atoms with Crippen LogP contribution in [0.15, 0.2) is 23.8 Å². The van der Waals surface area contributed by atoms with E-state index in [1.165, 1.54) is 5.57 Å². The van der Waals surface area contributed by atoms with Crippen molar-refractivity contribution in [1.82, 2.24) is 5.32 Å². The predicted molar refractivity (Wildman–Crippen MR) is 128 cm³/mol. The number of rotatable bonds is 10. The monoisotopic (exact) mass is 457 g/mol. The van der Waals surface area contributed by atoms with E-state index < -0.39 is 0 Å². The Kier molecular flexibility index (Phi) is 8.44. The Morgan fingerprint density at radius 1 is 1.21 bits per heavy atom. The number of nitrogens with one attached hydrogen (secondary N) is 1. The Bertz CT molecular complexity index is 889. The van der Waals surface area contributed by atoms with E-state index in [0.717, 1.165) is 55.4 Å². The Hall–Kier alpha value is -2.50. The van der Waals surface area contributed by atoms with Crippen LogP contribution in [-0.2, 0) is 20.7 Å². The predicted octanol–water partition coefficient (Wildman–Crippen LogP) is 5.18. The highest BCUT2D eigenvalue weighted by molar-refractivity contribution is 5.77. The molecule has 0 unspecified atom stereocenters. The highest BCUT2D eigenvalue weighted by Gasteiger charge is 2.45. The minimum absolute atomic E-state index is 0.0345.